The summed E-state index contributed by atoms with van der Waals surface area (Å²) in [4.78, 5) is 23.8. The fourth-order valence-corrected chi connectivity index (χ4v) is 2.71. The highest BCUT2D eigenvalue weighted by atomic mass is 32.1. The predicted molar refractivity (Wildman–Crippen MR) is 79.8 cm³/mol. The van der Waals surface area contributed by atoms with E-state index in [0.717, 1.165) is 5.39 Å². The molecule has 0 radical (unpaired) electrons. The normalized spacial score (nSPS) is 10.5. The number of ether oxygens (including phenoxy) is 1. The number of rotatable bonds is 3. The Balaban J connectivity index is 1.86. The summed E-state index contributed by atoms with van der Waals surface area (Å²) in [7, 11) is 1.30. The molecule has 0 spiro atoms. The van der Waals surface area contributed by atoms with Crippen LogP contribution in [0.15, 0.2) is 46.2 Å². The Hall–Kier alpha value is -2.60. The highest BCUT2D eigenvalue weighted by Gasteiger charge is 2.18. The Bertz CT molecular complexity index is 785. The van der Waals surface area contributed by atoms with Gasteiger partial charge in [0.15, 0.2) is 5.76 Å². The largest absolute Gasteiger partial charge is 0.465 e. The lowest BCUT2D eigenvalue weighted by Gasteiger charge is -2.03. The molecule has 3 rings (SSSR count). The van der Waals surface area contributed by atoms with E-state index in [4.69, 9.17) is 4.42 Å². The number of anilines is 1. The lowest BCUT2D eigenvalue weighted by Crippen LogP contribution is -2.12. The number of amides is 1. The van der Waals surface area contributed by atoms with Crippen LogP contribution in [0.4, 0.5) is 5.00 Å². The topological polar surface area (TPSA) is 68.5 Å². The van der Waals surface area contributed by atoms with Crippen LogP contribution in [0.1, 0.15) is 20.9 Å². The molecule has 21 heavy (non-hydrogen) atoms. The fraction of sp³-hybridized carbons (Fsp3) is 0.0667. The van der Waals surface area contributed by atoms with Gasteiger partial charge in [-0.25, -0.2) is 4.79 Å². The molecule has 2 aromatic heterocycles. The number of hydrogen-bond acceptors (Lipinski definition) is 5. The van der Waals surface area contributed by atoms with Gasteiger partial charge in [0.1, 0.15) is 10.6 Å². The minimum absolute atomic E-state index is 0.195. The van der Waals surface area contributed by atoms with Crippen molar-refractivity contribution in [3.63, 3.8) is 0 Å². The van der Waals surface area contributed by atoms with Gasteiger partial charge in [-0.15, -0.1) is 11.3 Å². The zero-order chi connectivity index (χ0) is 14.8. The van der Waals surface area contributed by atoms with Gasteiger partial charge in [0.2, 0.25) is 0 Å². The zero-order valence-corrected chi connectivity index (χ0v) is 11.9. The first-order chi connectivity index (χ1) is 10.2. The maximum atomic E-state index is 12.2. The summed E-state index contributed by atoms with van der Waals surface area (Å²) >= 11 is 1.25. The average molecular weight is 301 g/mol. The Kier molecular flexibility index (Phi) is 3.45. The van der Waals surface area contributed by atoms with Gasteiger partial charge in [-0.3, -0.25) is 4.79 Å². The Morgan fingerprint density at radius 1 is 1.24 bits per heavy atom. The summed E-state index contributed by atoms with van der Waals surface area (Å²) in [6, 6.07) is 10.6. The minimum Gasteiger partial charge on any atom is -0.465 e. The second kappa shape index (κ2) is 5.41. The fourth-order valence-electron chi connectivity index (χ4n) is 1.94. The second-order valence-electron chi connectivity index (χ2n) is 4.26. The summed E-state index contributed by atoms with van der Waals surface area (Å²) in [5.74, 6) is -0.699. The van der Waals surface area contributed by atoms with Crippen LogP contribution in [-0.4, -0.2) is 19.0 Å². The summed E-state index contributed by atoms with van der Waals surface area (Å²) in [6.45, 7) is 0. The molecular weight excluding hydrogens is 290 g/mol. The van der Waals surface area contributed by atoms with E-state index in [-0.39, 0.29) is 5.76 Å². The molecular formula is C15H11NO4S. The van der Waals surface area contributed by atoms with E-state index in [1.807, 2.05) is 18.2 Å². The van der Waals surface area contributed by atoms with Gasteiger partial charge in [-0.1, -0.05) is 18.2 Å². The number of hydrogen-bond donors (Lipinski definition) is 1. The maximum absolute atomic E-state index is 12.2. The molecule has 1 amide bonds. The molecule has 0 aliphatic heterocycles. The second-order valence-corrected chi connectivity index (χ2v) is 5.17. The smallest absolute Gasteiger partial charge is 0.340 e. The van der Waals surface area contributed by atoms with Gasteiger partial charge in [0.25, 0.3) is 5.91 Å². The average Bonchev–Trinajstić information content (AvgIpc) is 3.12. The number of fused-ring (bicyclic) bond motifs is 1. The van der Waals surface area contributed by atoms with Crippen molar-refractivity contribution in [2.45, 2.75) is 0 Å². The highest BCUT2D eigenvalue weighted by Crippen LogP contribution is 2.26. The number of methoxy groups -OCH3 is 1. The SMILES string of the molecule is COC(=O)c1ccsc1NC(=O)c1cc2ccccc2o1. The van der Waals surface area contributed by atoms with E-state index in [2.05, 4.69) is 10.1 Å². The van der Waals surface area contributed by atoms with Crippen LogP contribution >= 0.6 is 11.3 Å². The monoisotopic (exact) mass is 301 g/mol. The van der Waals surface area contributed by atoms with Gasteiger partial charge in [0.05, 0.1) is 12.7 Å². The predicted octanol–water partition coefficient (Wildman–Crippen LogP) is 3.53. The molecule has 0 aliphatic carbocycles. The molecule has 0 atom stereocenters. The van der Waals surface area contributed by atoms with Gasteiger partial charge in [0, 0.05) is 5.39 Å². The Morgan fingerprint density at radius 3 is 2.81 bits per heavy atom. The van der Waals surface area contributed by atoms with Crippen molar-refractivity contribution >= 4 is 39.2 Å². The number of benzene rings is 1. The third kappa shape index (κ3) is 2.53. The third-order valence-electron chi connectivity index (χ3n) is 2.95. The number of furan rings is 1. The number of para-hydroxylation sites is 1. The Labute approximate surface area is 124 Å². The van der Waals surface area contributed by atoms with E-state index in [1.165, 1.54) is 18.4 Å². The van der Waals surface area contributed by atoms with E-state index in [9.17, 15) is 9.59 Å². The number of nitrogens with one attached hydrogen (secondary N) is 1. The lowest BCUT2D eigenvalue weighted by molar-refractivity contribution is 0.0602. The molecule has 6 heteroatoms. The molecule has 2 heterocycles. The molecule has 0 saturated carbocycles. The van der Waals surface area contributed by atoms with Crippen LogP contribution in [0.25, 0.3) is 11.0 Å². The molecule has 0 bridgehead atoms. The number of thiophene rings is 1. The van der Waals surface area contributed by atoms with Crippen molar-refractivity contribution in [2.75, 3.05) is 12.4 Å². The first kappa shape index (κ1) is 13.4. The van der Waals surface area contributed by atoms with Crippen molar-refractivity contribution in [3.8, 4) is 0 Å². The van der Waals surface area contributed by atoms with Crippen LogP contribution in [0, 0.1) is 0 Å². The summed E-state index contributed by atoms with van der Waals surface area (Å²) in [6.07, 6.45) is 0. The molecule has 1 N–H and O–H groups in total. The van der Waals surface area contributed by atoms with Crippen molar-refractivity contribution in [1.29, 1.82) is 0 Å². The third-order valence-corrected chi connectivity index (χ3v) is 3.78. The molecule has 5 nitrogen and oxygen atoms in total. The Morgan fingerprint density at radius 2 is 2.05 bits per heavy atom. The van der Waals surface area contributed by atoms with E-state index in [1.54, 1.807) is 23.6 Å². The highest BCUT2D eigenvalue weighted by molar-refractivity contribution is 7.14. The van der Waals surface area contributed by atoms with Gasteiger partial charge < -0.3 is 14.5 Å². The molecule has 0 aliphatic rings. The van der Waals surface area contributed by atoms with Crippen molar-refractivity contribution in [1.82, 2.24) is 0 Å². The summed E-state index contributed by atoms with van der Waals surface area (Å²) in [5.41, 5.74) is 0.967. The number of carbonyl (C=O) groups excluding carboxylic acids is 2. The van der Waals surface area contributed by atoms with Gasteiger partial charge >= 0.3 is 5.97 Å². The maximum Gasteiger partial charge on any atom is 0.340 e. The molecule has 1 aromatic carbocycles. The van der Waals surface area contributed by atoms with Crippen molar-refractivity contribution < 1.29 is 18.7 Å². The van der Waals surface area contributed by atoms with Crippen molar-refractivity contribution in [3.05, 3.63) is 53.1 Å². The summed E-state index contributed by atoms with van der Waals surface area (Å²) in [5, 5.41) is 5.66. The lowest BCUT2D eigenvalue weighted by atomic mass is 10.2. The van der Waals surface area contributed by atoms with Crippen LogP contribution in [-0.2, 0) is 4.74 Å². The van der Waals surface area contributed by atoms with Gasteiger partial charge in [-0.2, -0.15) is 0 Å². The number of carbonyl (C=O) groups is 2. The molecule has 3 aromatic rings. The van der Waals surface area contributed by atoms with Crippen LogP contribution in [0.2, 0.25) is 0 Å². The van der Waals surface area contributed by atoms with Crippen LogP contribution < -0.4 is 5.32 Å². The van der Waals surface area contributed by atoms with Gasteiger partial charge in [-0.05, 0) is 23.6 Å². The summed E-state index contributed by atoms with van der Waals surface area (Å²) < 4.78 is 10.1. The zero-order valence-electron chi connectivity index (χ0n) is 11.1. The standard InChI is InChI=1S/C15H11NO4S/c1-19-15(18)10-6-7-21-14(10)16-13(17)12-8-9-4-2-3-5-11(9)20-12/h2-8H,1H3,(H,16,17). The first-order valence-corrected chi connectivity index (χ1v) is 7.03. The molecule has 106 valence electrons. The van der Waals surface area contributed by atoms with Crippen LogP contribution in [0.5, 0.6) is 0 Å². The molecule has 0 unspecified atom stereocenters. The first-order valence-electron chi connectivity index (χ1n) is 6.15. The number of esters is 1. The minimum atomic E-state index is -0.490. The molecule has 0 saturated heterocycles. The molecule has 0 fully saturated rings. The quantitative estimate of drug-likeness (QED) is 0.751. The van der Waals surface area contributed by atoms with E-state index >= 15 is 0 Å². The van der Waals surface area contributed by atoms with Crippen molar-refractivity contribution in [2.24, 2.45) is 0 Å². The van der Waals surface area contributed by atoms with Crippen LogP contribution in [0.3, 0.4) is 0 Å². The van der Waals surface area contributed by atoms with E-state index < -0.39 is 11.9 Å². The van der Waals surface area contributed by atoms with E-state index in [0.29, 0.717) is 16.1 Å².